The Bertz CT molecular complexity index is 57.0. The van der Waals surface area contributed by atoms with E-state index in [0.29, 0.717) is 0 Å². The van der Waals surface area contributed by atoms with Crippen molar-refractivity contribution in [3.63, 3.8) is 0 Å². The van der Waals surface area contributed by atoms with Gasteiger partial charge in [0.15, 0.2) is 0 Å². The van der Waals surface area contributed by atoms with Gasteiger partial charge in [-0.2, -0.15) is 0 Å². The molecule has 1 aliphatic heterocycles. The lowest BCUT2D eigenvalue weighted by Gasteiger charge is -2.05. The van der Waals surface area contributed by atoms with Crippen molar-refractivity contribution in [1.82, 2.24) is 0 Å². The number of hydrogen-bond acceptors (Lipinski definition) is 2. The predicted octanol–water partition coefficient (Wildman–Crippen LogP) is 2.75. The van der Waals surface area contributed by atoms with Gasteiger partial charge in [-0.25, -0.2) is 0 Å². The fourth-order valence-corrected chi connectivity index (χ4v) is 1.57. The second-order valence-corrected chi connectivity index (χ2v) is 3.44. The number of hydrogen-bond donors (Lipinski definition) is 1. The molecule has 0 bridgehead atoms. The lowest BCUT2D eigenvalue weighted by Crippen LogP contribution is -1.85. The van der Waals surface area contributed by atoms with Crippen LogP contribution in [0.4, 0.5) is 0 Å². The van der Waals surface area contributed by atoms with Crippen LogP contribution in [0.1, 0.15) is 51.4 Å². The van der Waals surface area contributed by atoms with E-state index in [1.165, 1.54) is 51.4 Å². The Balaban J connectivity index is 0.000000189. The second kappa shape index (κ2) is 11.9. The van der Waals surface area contributed by atoms with Crippen molar-refractivity contribution in [1.29, 1.82) is 0 Å². The Morgan fingerprint density at radius 1 is 0.615 bits per heavy atom. The van der Waals surface area contributed by atoms with Gasteiger partial charge >= 0.3 is 0 Å². The zero-order valence-electron chi connectivity index (χ0n) is 8.93. The van der Waals surface area contributed by atoms with E-state index in [1.54, 1.807) is 0 Å². The molecule has 2 rings (SSSR count). The van der Waals surface area contributed by atoms with Gasteiger partial charge in [0.1, 0.15) is 0 Å². The van der Waals surface area contributed by atoms with Gasteiger partial charge in [-0.05, 0) is 12.8 Å². The first-order chi connectivity index (χ1) is 6.50. The molecule has 0 spiro atoms. The monoisotopic (exact) mass is 188 g/mol. The van der Waals surface area contributed by atoms with Crippen LogP contribution in [0.3, 0.4) is 0 Å². The normalized spacial score (nSPS) is 20.8. The Labute approximate surface area is 82.3 Å². The minimum atomic E-state index is 1.00. The zero-order chi connectivity index (χ0) is 9.78. The maximum atomic E-state index is 7.00. The SMILES string of the molecule is C1CCCCC1.C1CCOC1.CO. The smallest absolute Gasteiger partial charge is 0.0466 e. The van der Waals surface area contributed by atoms with Gasteiger partial charge in [0, 0.05) is 20.3 Å². The van der Waals surface area contributed by atoms with E-state index in [0.717, 1.165) is 20.3 Å². The van der Waals surface area contributed by atoms with Crippen LogP contribution in [-0.2, 0) is 4.74 Å². The number of aliphatic hydroxyl groups excluding tert-OH is 1. The molecular formula is C11H24O2. The molecule has 2 nitrogen and oxygen atoms in total. The van der Waals surface area contributed by atoms with Crippen molar-refractivity contribution in [3.8, 4) is 0 Å². The summed E-state index contributed by atoms with van der Waals surface area (Å²) in [5, 5.41) is 7.00. The van der Waals surface area contributed by atoms with Crippen LogP contribution in [0, 0.1) is 0 Å². The molecular weight excluding hydrogens is 164 g/mol. The average molecular weight is 188 g/mol. The third kappa shape index (κ3) is 9.84. The van der Waals surface area contributed by atoms with Gasteiger partial charge in [0.2, 0.25) is 0 Å². The van der Waals surface area contributed by atoms with Crippen LogP contribution in [-0.4, -0.2) is 25.4 Å². The summed E-state index contributed by atoms with van der Waals surface area (Å²) in [5.74, 6) is 0. The first-order valence-corrected chi connectivity index (χ1v) is 5.52. The fourth-order valence-electron chi connectivity index (χ4n) is 1.57. The first-order valence-electron chi connectivity index (χ1n) is 5.52. The van der Waals surface area contributed by atoms with E-state index in [-0.39, 0.29) is 0 Å². The first kappa shape index (κ1) is 12.9. The molecule has 1 heterocycles. The molecule has 0 aromatic heterocycles. The third-order valence-corrected chi connectivity index (χ3v) is 2.33. The Morgan fingerprint density at radius 3 is 1.08 bits per heavy atom. The van der Waals surface area contributed by atoms with Crippen molar-refractivity contribution in [2.45, 2.75) is 51.4 Å². The number of aliphatic hydroxyl groups is 1. The van der Waals surface area contributed by atoms with Crippen LogP contribution >= 0.6 is 0 Å². The maximum absolute atomic E-state index is 7.00. The molecule has 2 fully saturated rings. The number of rotatable bonds is 0. The van der Waals surface area contributed by atoms with Gasteiger partial charge in [0.25, 0.3) is 0 Å². The summed E-state index contributed by atoms with van der Waals surface area (Å²) in [4.78, 5) is 0. The van der Waals surface area contributed by atoms with Crippen LogP contribution in [0.2, 0.25) is 0 Å². The summed E-state index contributed by atoms with van der Waals surface area (Å²) in [6.45, 7) is 2.00. The quantitative estimate of drug-likeness (QED) is 0.633. The molecule has 0 unspecified atom stereocenters. The minimum absolute atomic E-state index is 1.00. The highest BCUT2D eigenvalue weighted by Crippen LogP contribution is 2.15. The van der Waals surface area contributed by atoms with E-state index >= 15 is 0 Å². The van der Waals surface area contributed by atoms with Crippen LogP contribution in [0.5, 0.6) is 0 Å². The van der Waals surface area contributed by atoms with Crippen LogP contribution in [0.15, 0.2) is 0 Å². The van der Waals surface area contributed by atoms with Crippen molar-refractivity contribution in [2.24, 2.45) is 0 Å². The van der Waals surface area contributed by atoms with Crippen molar-refractivity contribution < 1.29 is 9.84 Å². The summed E-state index contributed by atoms with van der Waals surface area (Å²) >= 11 is 0. The molecule has 1 N–H and O–H groups in total. The highest BCUT2D eigenvalue weighted by atomic mass is 16.5. The van der Waals surface area contributed by atoms with E-state index in [1.807, 2.05) is 0 Å². The third-order valence-electron chi connectivity index (χ3n) is 2.33. The molecule has 80 valence electrons. The van der Waals surface area contributed by atoms with Crippen LogP contribution in [0.25, 0.3) is 0 Å². The highest BCUT2D eigenvalue weighted by Gasteiger charge is 1.95. The standard InChI is InChI=1S/C6H12.C4H8O.CH4O/c1-2-4-6-5-3-1;1-2-4-5-3-1;1-2/h1-6H2;1-4H2;2H,1H3. The zero-order valence-corrected chi connectivity index (χ0v) is 8.93. The molecule has 1 aliphatic carbocycles. The number of ether oxygens (including phenoxy) is 1. The van der Waals surface area contributed by atoms with Crippen LogP contribution < -0.4 is 0 Å². The highest BCUT2D eigenvalue weighted by molar-refractivity contribution is 4.51. The van der Waals surface area contributed by atoms with Gasteiger partial charge < -0.3 is 9.84 Å². The molecule has 0 radical (unpaired) electrons. The summed E-state index contributed by atoms with van der Waals surface area (Å²) in [5.41, 5.74) is 0. The molecule has 2 heteroatoms. The van der Waals surface area contributed by atoms with Crippen molar-refractivity contribution in [3.05, 3.63) is 0 Å². The predicted molar refractivity (Wildman–Crippen MR) is 55.9 cm³/mol. The topological polar surface area (TPSA) is 29.5 Å². The fraction of sp³-hybridized carbons (Fsp3) is 1.00. The largest absolute Gasteiger partial charge is 0.400 e. The van der Waals surface area contributed by atoms with E-state index < -0.39 is 0 Å². The summed E-state index contributed by atoms with van der Waals surface area (Å²) in [7, 11) is 1.00. The molecule has 1 saturated heterocycles. The lowest BCUT2D eigenvalue weighted by atomic mass is 10.0. The molecule has 1 saturated carbocycles. The molecule has 13 heavy (non-hydrogen) atoms. The van der Waals surface area contributed by atoms with Gasteiger partial charge in [0.05, 0.1) is 0 Å². The average Bonchev–Trinajstić information content (AvgIpc) is 2.82. The Kier molecular flexibility index (Phi) is 11.8. The molecule has 0 atom stereocenters. The lowest BCUT2D eigenvalue weighted by molar-refractivity contribution is 0.198. The van der Waals surface area contributed by atoms with E-state index in [2.05, 4.69) is 0 Å². The maximum Gasteiger partial charge on any atom is 0.0466 e. The molecule has 0 aromatic rings. The van der Waals surface area contributed by atoms with Gasteiger partial charge in [-0.15, -0.1) is 0 Å². The summed E-state index contributed by atoms with van der Waals surface area (Å²) in [6, 6.07) is 0. The summed E-state index contributed by atoms with van der Waals surface area (Å²) < 4.78 is 4.94. The molecule has 0 amide bonds. The van der Waals surface area contributed by atoms with Crippen molar-refractivity contribution >= 4 is 0 Å². The molecule has 2 aliphatic rings. The Morgan fingerprint density at radius 2 is 0.923 bits per heavy atom. The Hall–Kier alpha value is -0.0800. The van der Waals surface area contributed by atoms with E-state index in [9.17, 15) is 0 Å². The van der Waals surface area contributed by atoms with Crippen molar-refractivity contribution in [2.75, 3.05) is 20.3 Å². The molecule has 0 aromatic carbocycles. The van der Waals surface area contributed by atoms with E-state index in [4.69, 9.17) is 9.84 Å². The van der Waals surface area contributed by atoms with Gasteiger partial charge in [-0.3, -0.25) is 0 Å². The van der Waals surface area contributed by atoms with Gasteiger partial charge in [-0.1, -0.05) is 38.5 Å². The second-order valence-electron chi connectivity index (χ2n) is 3.44. The summed E-state index contributed by atoms with van der Waals surface area (Å²) in [6.07, 6.45) is 11.6. The minimum Gasteiger partial charge on any atom is -0.400 e.